The highest BCUT2D eigenvalue weighted by Crippen LogP contribution is 2.34. The van der Waals surface area contributed by atoms with E-state index in [2.05, 4.69) is 19.1 Å². The van der Waals surface area contributed by atoms with Crippen LogP contribution in [0.25, 0.3) is 5.69 Å². The Balaban J connectivity index is 0.00000205. The van der Waals surface area contributed by atoms with E-state index in [1.807, 2.05) is 39.9 Å². The SMILES string of the molecule is Cc1ccccc1-n1nc(C(=O)N2CCCc3c(N)cccc32)c2c1CCC2.Cl. The number of nitrogen functional groups attached to an aromatic ring is 1. The molecule has 0 unspecified atom stereocenters. The lowest BCUT2D eigenvalue weighted by molar-refractivity contribution is 0.0979. The van der Waals surface area contributed by atoms with Gasteiger partial charge >= 0.3 is 0 Å². The number of anilines is 2. The van der Waals surface area contributed by atoms with Crippen molar-refractivity contribution in [1.82, 2.24) is 9.78 Å². The first-order valence-electron chi connectivity index (χ1n) is 10.0. The second-order valence-electron chi connectivity index (χ2n) is 7.73. The van der Waals surface area contributed by atoms with Crippen LogP contribution in [0, 0.1) is 6.92 Å². The normalized spacial score (nSPS) is 14.9. The van der Waals surface area contributed by atoms with Crippen LogP contribution >= 0.6 is 12.4 Å². The number of para-hydroxylation sites is 1. The smallest absolute Gasteiger partial charge is 0.279 e. The molecule has 2 N–H and O–H groups in total. The molecule has 6 heteroatoms. The van der Waals surface area contributed by atoms with Crippen molar-refractivity contribution >= 4 is 29.7 Å². The molecule has 2 aliphatic rings. The molecule has 0 spiro atoms. The largest absolute Gasteiger partial charge is 0.398 e. The van der Waals surface area contributed by atoms with Gasteiger partial charge in [-0.1, -0.05) is 24.3 Å². The number of nitrogens with two attached hydrogens (primary N) is 1. The zero-order chi connectivity index (χ0) is 19.3. The molecule has 29 heavy (non-hydrogen) atoms. The van der Waals surface area contributed by atoms with Gasteiger partial charge in [-0.3, -0.25) is 4.79 Å². The van der Waals surface area contributed by atoms with Crippen LogP contribution in [-0.4, -0.2) is 22.2 Å². The summed E-state index contributed by atoms with van der Waals surface area (Å²) in [5.74, 6) is -0.00275. The minimum atomic E-state index is -0.00275. The molecular weight excluding hydrogens is 384 g/mol. The molecule has 3 aromatic rings. The molecule has 0 saturated carbocycles. The van der Waals surface area contributed by atoms with E-state index >= 15 is 0 Å². The number of nitrogens with zero attached hydrogens (tertiary/aromatic N) is 3. The highest BCUT2D eigenvalue weighted by molar-refractivity contribution is 6.07. The van der Waals surface area contributed by atoms with Crippen molar-refractivity contribution in [2.24, 2.45) is 0 Å². The average Bonchev–Trinajstić information content (AvgIpc) is 3.31. The summed E-state index contributed by atoms with van der Waals surface area (Å²) in [6.07, 6.45) is 4.80. The molecule has 5 nitrogen and oxygen atoms in total. The van der Waals surface area contributed by atoms with Crippen molar-refractivity contribution in [3.63, 3.8) is 0 Å². The molecule has 150 valence electrons. The molecule has 5 rings (SSSR count). The van der Waals surface area contributed by atoms with Gasteiger partial charge in [0.05, 0.1) is 5.69 Å². The highest BCUT2D eigenvalue weighted by Gasteiger charge is 2.32. The average molecular weight is 409 g/mol. The third kappa shape index (κ3) is 3.10. The van der Waals surface area contributed by atoms with E-state index in [0.717, 1.165) is 65.9 Å². The number of aryl methyl sites for hydroxylation is 1. The summed E-state index contributed by atoms with van der Waals surface area (Å²) in [5, 5.41) is 4.83. The van der Waals surface area contributed by atoms with E-state index in [1.54, 1.807) is 0 Å². The van der Waals surface area contributed by atoms with Crippen LogP contribution in [0.2, 0.25) is 0 Å². The topological polar surface area (TPSA) is 64.2 Å². The van der Waals surface area contributed by atoms with Crippen LogP contribution in [0.4, 0.5) is 11.4 Å². The van der Waals surface area contributed by atoms with E-state index in [0.29, 0.717) is 12.2 Å². The van der Waals surface area contributed by atoms with Gasteiger partial charge < -0.3 is 10.6 Å². The lowest BCUT2D eigenvalue weighted by atomic mass is 9.99. The first-order valence-corrected chi connectivity index (χ1v) is 10.0. The van der Waals surface area contributed by atoms with Crippen LogP contribution in [0.15, 0.2) is 42.5 Å². The number of aromatic nitrogens is 2. The zero-order valence-corrected chi connectivity index (χ0v) is 17.3. The van der Waals surface area contributed by atoms with Crippen LogP contribution in [0.5, 0.6) is 0 Å². The summed E-state index contributed by atoms with van der Waals surface area (Å²) in [4.78, 5) is 15.4. The van der Waals surface area contributed by atoms with Gasteiger partial charge in [0, 0.05) is 29.2 Å². The number of carbonyl (C=O) groups is 1. The van der Waals surface area contributed by atoms with Gasteiger partial charge in [0.2, 0.25) is 0 Å². The number of rotatable bonds is 2. The molecule has 2 aromatic carbocycles. The second-order valence-corrected chi connectivity index (χ2v) is 7.73. The molecule has 0 bridgehead atoms. The van der Waals surface area contributed by atoms with Gasteiger partial charge in [-0.2, -0.15) is 5.10 Å². The minimum absolute atomic E-state index is 0. The van der Waals surface area contributed by atoms with Gasteiger partial charge in [0.15, 0.2) is 5.69 Å². The van der Waals surface area contributed by atoms with Crippen LogP contribution < -0.4 is 10.6 Å². The second kappa shape index (κ2) is 7.56. The van der Waals surface area contributed by atoms with Gasteiger partial charge in [-0.15, -0.1) is 12.4 Å². The summed E-state index contributed by atoms with van der Waals surface area (Å²) in [6, 6.07) is 14.1. The maximum absolute atomic E-state index is 13.6. The number of hydrogen-bond acceptors (Lipinski definition) is 3. The van der Waals surface area contributed by atoms with Crippen molar-refractivity contribution in [3.05, 3.63) is 70.5 Å². The molecule has 0 atom stereocenters. The van der Waals surface area contributed by atoms with E-state index in [1.165, 1.54) is 5.69 Å². The standard InChI is InChI=1S/C23H24N4O.ClH/c1-15-7-2-3-11-19(15)27-21-13-4-8-17(21)22(25-27)23(28)26-14-6-9-16-18(24)10-5-12-20(16)26;/h2-3,5,7,10-12H,4,6,8-9,13-14,24H2,1H3;1H. The fraction of sp³-hybridized carbons (Fsp3) is 0.304. The van der Waals surface area contributed by atoms with Gasteiger partial charge in [-0.25, -0.2) is 4.68 Å². The molecule has 1 aromatic heterocycles. The Morgan fingerprint density at radius 3 is 2.55 bits per heavy atom. The molecule has 0 radical (unpaired) electrons. The molecule has 0 fully saturated rings. The van der Waals surface area contributed by atoms with E-state index in [9.17, 15) is 4.79 Å². The lowest BCUT2D eigenvalue weighted by Gasteiger charge is -2.30. The Morgan fingerprint density at radius 2 is 1.72 bits per heavy atom. The summed E-state index contributed by atoms with van der Waals surface area (Å²) in [6.45, 7) is 2.80. The first kappa shape index (κ1) is 19.5. The quantitative estimate of drug-likeness (QED) is 0.644. The molecular formula is C23H25ClN4O. The predicted octanol–water partition coefficient (Wildman–Crippen LogP) is 4.27. The lowest BCUT2D eigenvalue weighted by Crippen LogP contribution is -2.36. The van der Waals surface area contributed by atoms with Crippen molar-refractivity contribution < 1.29 is 4.79 Å². The first-order chi connectivity index (χ1) is 13.6. The Bertz CT molecular complexity index is 1090. The summed E-state index contributed by atoms with van der Waals surface area (Å²) < 4.78 is 2.00. The van der Waals surface area contributed by atoms with Gasteiger partial charge in [0.25, 0.3) is 5.91 Å². The molecule has 1 aliphatic carbocycles. The van der Waals surface area contributed by atoms with Crippen LogP contribution in [-0.2, 0) is 19.3 Å². The van der Waals surface area contributed by atoms with Crippen molar-refractivity contribution in [2.45, 2.75) is 39.0 Å². The molecule has 2 heterocycles. The fourth-order valence-electron chi connectivity index (χ4n) is 4.60. The van der Waals surface area contributed by atoms with Crippen molar-refractivity contribution in [2.75, 3.05) is 17.2 Å². The summed E-state index contributed by atoms with van der Waals surface area (Å²) in [7, 11) is 0. The van der Waals surface area contributed by atoms with Gasteiger partial charge in [0.1, 0.15) is 0 Å². The molecule has 1 aliphatic heterocycles. The number of fused-ring (bicyclic) bond motifs is 2. The predicted molar refractivity (Wildman–Crippen MR) is 118 cm³/mol. The summed E-state index contributed by atoms with van der Waals surface area (Å²) >= 11 is 0. The number of halogens is 1. The maximum atomic E-state index is 13.6. The number of hydrogen-bond donors (Lipinski definition) is 1. The number of amides is 1. The molecule has 0 saturated heterocycles. The van der Waals surface area contributed by atoms with Crippen LogP contribution in [0.1, 0.15) is 45.7 Å². The monoisotopic (exact) mass is 408 g/mol. The third-order valence-corrected chi connectivity index (χ3v) is 6.01. The van der Waals surface area contributed by atoms with E-state index in [-0.39, 0.29) is 18.3 Å². The maximum Gasteiger partial charge on any atom is 0.279 e. The minimum Gasteiger partial charge on any atom is -0.398 e. The van der Waals surface area contributed by atoms with Crippen LogP contribution in [0.3, 0.4) is 0 Å². The van der Waals surface area contributed by atoms with Crippen molar-refractivity contribution in [1.29, 1.82) is 0 Å². The Kier molecular flexibility index (Phi) is 5.09. The Morgan fingerprint density at radius 1 is 0.966 bits per heavy atom. The van der Waals surface area contributed by atoms with E-state index < -0.39 is 0 Å². The van der Waals surface area contributed by atoms with Gasteiger partial charge in [-0.05, 0) is 68.4 Å². The highest BCUT2D eigenvalue weighted by atomic mass is 35.5. The third-order valence-electron chi connectivity index (χ3n) is 6.01. The Labute approximate surface area is 176 Å². The van der Waals surface area contributed by atoms with Crippen molar-refractivity contribution in [3.8, 4) is 5.69 Å². The Hall–Kier alpha value is -2.79. The molecule has 1 amide bonds. The number of carbonyl (C=O) groups excluding carboxylic acids is 1. The zero-order valence-electron chi connectivity index (χ0n) is 16.5. The van der Waals surface area contributed by atoms with E-state index in [4.69, 9.17) is 10.8 Å². The summed E-state index contributed by atoms with van der Waals surface area (Å²) in [5.41, 5.74) is 14.1. The number of benzene rings is 2. The fourth-order valence-corrected chi connectivity index (χ4v) is 4.60.